The number of nitrogens with one attached hydrogen (secondary N) is 1. The van der Waals surface area contributed by atoms with Gasteiger partial charge in [-0.2, -0.15) is 0 Å². The number of aliphatic hydroxyl groups is 1. The smallest absolute Gasteiger partial charge is 0.257 e. The Hall–Kier alpha value is -2.40. The van der Waals surface area contributed by atoms with Crippen LogP contribution in [-0.2, 0) is 11.2 Å². The van der Waals surface area contributed by atoms with Crippen LogP contribution in [0.4, 0.5) is 10.1 Å². The van der Waals surface area contributed by atoms with Crippen LogP contribution in [0.15, 0.2) is 42.5 Å². The number of carbonyl (C=O) groups is 1. The molecule has 0 bridgehead atoms. The molecule has 0 aliphatic heterocycles. The molecular weight excluding hydrogens is 285 g/mol. The summed E-state index contributed by atoms with van der Waals surface area (Å²) in [5, 5.41) is 12.6. The third-order valence-electron chi connectivity index (χ3n) is 3.36. The highest BCUT2D eigenvalue weighted by Crippen LogP contribution is 2.21. The molecule has 0 fully saturated rings. The van der Waals surface area contributed by atoms with Crippen molar-refractivity contribution in [1.29, 1.82) is 0 Å². The van der Waals surface area contributed by atoms with Crippen LogP contribution in [0.25, 0.3) is 0 Å². The van der Waals surface area contributed by atoms with E-state index in [9.17, 15) is 14.3 Å². The number of carbonyl (C=O) groups excluding carboxylic acids is 1. The second kappa shape index (κ2) is 7.04. The second-order valence-corrected chi connectivity index (χ2v) is 4.83. The van der Waals surface area contributed by atoms with Gasteiger partial charge in [-0.25, -0.2) is 4.39 Å². The molecule has 0 aromatic heterocycles. The maximum Gasteiger partial charge on any atom is 0.257 e. The predicted molar refractivity (Wildman–Crippen MR) is 82.4 cm³/mol. The lowest BCUT2D eigenvalue weighted by molar-refractivity contribution is -0.124. The second-order valence-electron chi connectivity index (χ2n) is 4.83. The van der Waals surface area contributed by atoms with Crippen molar-refractivity contribution in [3.8, 4) is 5.75 Å². The number of benzene rings is 2. The predicted octanol–water partition coefficient (Wildman–Crippen LogP) is 3.07. The first-order chi connectivity index (χ1) is 10.5. The van der Waals surface area contributed by atoms with E-state index in [1.165, 1.54) is 13.2 Å². The molecule has 4 nitrogen and oxygen atoms in total. The Kier molecular flexibility index (Phi) is 5.12. The largest absolute Gasteiger partial charge is 0.497 e. The minimum atomic E-state index is -1.36. The van der Waals surface area contributed by atoms with E-state index in [1.807, 2.05) is 6.92 Å². The van der Waals surface area contributed by atoms with E-state index >= 15 is 0 Å². The third-order valence-corrected chi connectivity index (χ3v) is 3.36. The number of aryl methyl sites for hydroxylation is 1. The van der Waals surface area contributed by atoms with Crippen molar-refractivity contribution in [3.63, 3.8) is 0 Å². The van der Waals surface area contributed by atoms with E-state index in [-0.39, 0.29) is 5.82 Å². The van der Waals surface area contributed by atoms with Crippen molar-refractivity contribution >= 4 is 11.6 Å². The Morgan fingerprint density at radius 3 is 2.73 bits per heavy atom. The van der Waals surface area contributed by atoms with Gasteiger partial charge in [0.1, 0.15) is 11.6 Å². The van der Waals surface area contributed by atoms with E-state index in [2.05, 4.69) is 5.32 Å². The van der Waals surface area contributed by atoms with Crippen LogP contribution in [0.5, 0.6) is 5.75 Å². The Morgan fingerprint density at radius 2 is 2.09 bits per heavy atom. The maximum absolute atomic E-state index is 13.7. The fourth-order valence-corrected chi connectivity index (χ4v) is 2.09. The van der Waals surface area contributed by atoms with Gasteiger partial charge in [0, 0.05) is 5.69 Å². The molecule has 0 aliphatic carbocycles. The molecule has 1 atom stereocenters. The zero-order valence-corrected chi connectivity index (χ0v) is 12.5. The Labute approximate surface area is 128 Å². The van der Waals surface area contributed by atoms with Gasteiger partial charge in [-0.3, -0.25) is 4.79 Å². The Morgan fingerprint density at radius 1 is 1.32 bits per heavy atom. The monoisotopic (exact) mass is 303 g/mol. The lowest BCUT2D eigenvalue weighted by Gasteiger charge is -2.13. The summed E-state index contributed by atoms with van der Waals surface area (Å²) in [7, 11) is 1.50. The molecule has 2 rings (SSSR count). The average molecular weight is 303 g/mol. The van der Waals surface area contributed by atoms with Gasteiger partial charge >= 0.3 is 0 Å². The highest BCUT2D eigenvalue weighted by molar-refractivity contribution is 5.94. The van der Waals surface area contributed by atoms with Crippen LogP contribution in [0.1, 0.15) is 24.2 Å². The van der Waals surface area contributed by atoms with Crippen molar-refractivity contribution in [2.45, 2.75) is 19.4 Å². The quantitative estimate of drug-likeness (QED) is 0.892. The van der Waals surface area contributed by atoms with Gasteiger partial charge in [0.25, 0.3) is 5.91 Å². The van der Waals surface area contributed by atoms with Crippen LogP contribution >= 0.6 is 0 Å². The Bertz CT molecular complexity index is 673. The number of hydrogen-bond acceptors (Lipinski definition) is 3. The average Bonchev–Trinajstić information content (AvgIpc) is 2.54. The minimum Gasteiger partial charge on any atom is -0.497 e. The molecule has 0 saturated heterocycles. The molecule has 0 radical (unpaired) electrons. The Balaban J connectivity index is 2.12. The minimum absolute atomic E-state index is 0.307. The zero-order chi connectivity index (χ0) is 16.1. The van der Waals surface area contributed by atoms with Crippen molar-refractivity contribution in [1.82, 2.24) is 0 Å². The molecule has 0 saturated carbocycles. The summed E-state index contributed by atoms with van der Waals surface area (Å²) >= 11 is 0. The normalized spacial score (nSPS) is 11.8. The number of amides is 1. The summed E-state index contributed by atoms with van der Waals surface area (Å²) in [6.07, 6.45) is -0.782. The standard InChI is InChI=1S/C17H18FNO3/c1-3-11-7-8-13(10-15(11)18)19-17(21)16(20)12-5-4-6-14(9-12)22-2/h4-10,16,20H,3H2,1-2H3,(H,19,21). The molecule has 22 heavy (non-hydrogen) atoms. The van der Waals surface area contributed by atoms with Crippen molar-refractivity contribution in [3.05, 3.63) is 59.4 Å². The van der Waals surface area contributed by atoms with Crippen LogP contribution in [-0.4, -0.2) is 18.1 Å². The molecule has 0 spiro atoms. The van der Waals surface area contributed by atoms with E-state index < -0.39 is 12.0 Å². The first-order valence-electron chi connectivity index (χ1n) is 6.96. The third kappa shape index (κ3) is 3.62. The molecule has 2 aromatic rings. The van der Waals surface area contributed by atoms with Gasteiger partial charge in [0.2, 0.25) is 0 Å². The number of rotatable bonds is 5. The lowest BCUT2D eigenvalue weighted by Crippen LogP contribution is -2.21. The molecule has 2 aromatic carbocycles. The summed E-state index contributed by atoms with van der Waals surface area (Å²) in [5.74, 6) is -0.462. The summed E-state index contributed by atoms with van der Waals surface area (Å²) in [6, 6.07) is 11.1. The van der Waals surface area contributed by atoms with E-state index in [1.54, 1.807) is 36.4 Å². The number of halogens is 1. The zero-order valence-electron chi connectivity index (χ0n) is 12.5. The van der Waals surface area contributed by atoms with Crippen LogP contribution in [0.3, 0.4) is 0 Å². The van der Waals surface area contributed by atoms with Crippen LogP contribution < -0.4 is 10.1 Å². The number of methoxy groups -OCH3 is 1. The summed E-state index contributed by atoms with van der Waals surface area (Å²) < 4.78 is 18.7. The molecule has 116 valence electrons. The first kappa shape index (κ1) is 16.0. The number of hydrogen-bond donors (Lipinski definition) is 2. The molecule has 5 heteroatoms. The van der Waals surface area contributed by atoms with E-state index in [0.717, 1.165) is 0 Å². The molecule has 1 amide bonds. The van der Waals surface area contributed by atoms with E-state index in [4.69, 9.17) is 4.74 Å². The van der Waals surface area contributed by atoms with Gasteiger partial charge in [-0.05, 0) is 41.8 Å². The fraction of sp³-hybridized carbons (Fsp3) is 0.235. The first-order valence-corrected chi connectivity index (χ1v) is 6.96. The number of ether oxygens (including phenoxy) is 1. The number of aliphatic hydroxyl groups excluding tert-OH is 1. The summed E-state index contributed by atoms with van der Waals surface area (Å²) in [5.41, 5.74) is 1.29. The highest BCUT2D eigenvalue weighted by atomic mass is 19.1. The summed E-state index contributed by atoms with van der Waals surface area (Å²) in [4.78, 5) is 12.1. The van der Waals surface area contributed by atoms with E-state index in [0.29, 0.717) is 29.0 Å². The van der Waals surface area contributed by atoms with Crippen molar-refractivity contribution in [2.24, 2.45) is 0 Å². The number of anilines is 1. The van der Waals surface area contributed by atoms with Gasteiger partial charge < -0.3 is 15.2 Å². The van der Waals surface area contributed by atoms with Gasteiger partial charge in [0.05, 0.1) is 7.11 Å². The van der Waals surface area contributed by atoms with Crippen molar-refractivity contribution in [2.75, 3.05) is 12.4 Å². The topological polar surface area (TPSA) is 58.6 Å². The van der Waals surface area contributed by atoms with Gasteiger partial charge in [-0.15, -0.1) is 0 Å². The molecule has 1 unspecified atom stereocenters. The SMILES string of the molecule is CCc1ccc(NC(=O)C(O)c2cccc(OC)c2)cc1F. The van der Waals surface area contributed by atoms with Crippen LogP contribution in [0.2, 0.25) is 0 Å². The van der Waals surface area contributed by atoms with Gasteiger partial charge in [0.15, 0.2) is 6.10 Å². The highest BCUT2D eigenvalue weighted by Gasteiger charge is 2.18. The fourth-order valence-electron chi connectivity index (χ4n) is 2.09. The molecular formula is C17H18FNO3. The van der Waals surface area contributed by atoms with Crippen LogP contribution in [0, 0.1) is 5.82 Å². The van der Waals surface area contributed by atoms with Crippen molar-refractivity contribution < 1.29 is 19.0 Å². The lowest BCUT2D eigenvalue weighted by atomic mass is 10.1. The molecule has 0 heterocycles. The van der Waals surface area contributed by atoms with Gasteiger partial charge in [-0.1, -0.05) is 25.1 Å². The summed E-state index contributed by atoms with van der Waals surface area (Å²) in [6.45, 7) is 1.85. The molecule has 0 aliphatic rings. The maximum atomic E-state index is 13.7. The molecule has 2 N–H and O–H groups in total.